The first-order chi connectivity index (χ1) is 6.61. The van der Waals surface area contributed by atoms with Crippen molar-refractivity contribution in [2.75, 3.05) is 18.9 Å². The Morgan fingerprint density at radius 1 is 1.71 bits per heavy atom. The fourth-order valence-corrected chi connectivity index (χ4v) is 2.04. The third-order valence-corrected chi connectivity index (χ3v) is 3.37. The third kappa shape index (κ3) is 4.04. The summed E-state index contributed by atoms with van der Waals surface area (Å²) in [5, 5.41) is 13.2. The normalized spacial score (nSPS) is 13.5. The first kappa shape index (κ1) is 12.1. The summed E-state index contributed by atoms with van der Waals surface area (Å²) >= 11 is 4.90. The monoisotopic (exact) mass is 278 g/mol. The van der Waals surface area contributed by atoms with E-state index in [1.807, 2.05) is 14.0 Å². The topological polar surface area (TPSA) is 36.4 Å². The Bertz CT molecular complexity index is 280. The number of hydrogen-bond donors (Lipinski definition) is 1. The van der Waals surface area contributed by atoms with Crippen LogP contribution in [-0.2, 0) is 6.54 Å². The Kier molecular flexibility index (Phi) is 5.01. The number of nitrogens with zero attached hydrogens (tertiary/aromatic N) is 2. The number of alkyl halides is 1. The van der Waals surface area contributed by atoms with Gasteiger partial charge in [0, 0.05) is 23.8 Å². The molecule has 0 bridgehead atoms. The van der Waals surface area contributed by atoms with Crippen LogP contribution in [-0.4, -0.2) is 40.0 Å². The molecule has 0 aliphatic carbocycles. The van der Waals surface area contributed by atoms with Crippen molar-refractivity contribution >= 4 is 27.3 Å². The van der Waals surface area contributed by atoms with E-state index in [4.69, 9.17) is 0 Å². The minimum atomic E-state index is -0.306. The summed E-state index contributed by atoms with van der Waals surface area (Å²) in [4.78, 5) is 6.44. The molecule has 3 nitrogen and oxygen atoms in total. The van der Waals surface area contributed by atoms with Gasteiger partial charge in [-0.3, -0.25) is 4.90 Å². The highest BCUT2D eigenvalue weighted by molar-refractivity contribution is 9.09. The SMILES string of the molecule is Cc1nc(CN(C)CC(O)CBr)cs1. The lowest BCUT2D eigenvalue weighted by Gasteiger charge is -2.17. The van der Waals surface area contributed by atoms with Gasteiger partial charge in [0.05, 0.1) is 16.8 Å². The van der Waals surface area contributed by atoms with Gasteiger partial charge in [-0.15, -0.1) is 11.3 Å². The maximum absolute atomic E-state index is 9.41. The van der Waals surface area contributed by atoms with Crippen molar-refractivity contribution in [3.05, 3.63) is 16.1 Å². The molecular formula is C9H15BrN2OS. The Balaban J connectivity index is 2.37. The molecule has 1 aromatic heterocycles. The van der Waals surface area contributed by atoms with Crippen molar-refractivity contribution in [3.8, 4) is 0 Å². The molecule has 0 saturated heterocycles. The molecule has 0 radical (unpaired) electrons. The van der Waals surface area contributed by atoms with Gasteiger partial charge in [0.1, 0.15) is 0 Å². The van der Waals surface area contributed by atoms with Crippen LogP contribution in [0.5, 0.6) is 0 Å². The lowest BCUT2D eigenvalue weighted by Crippen LogP contribution is -2.29. The van der Waals surface area contributed by atoms with E-state index in [9.17, 15) is 5.11 Å². The van der Waals surface area contributed by atoms with Gasteiger partial charge >= 0.3 is 0 Å². The van der Waals surface area contributed by atoms with Crippen LogP contribution in [0.1, 0.15) is 10.7 Å². The number of aryl methyl sites for hydroxylation is 1. The lowest BCUT2D eigenvalue weighted by atomic mass is 10.3. The predicted molar refractivity (Wildman–Crippen MR) is 63.0 cm³/mol. The number of likely N-dealkylation sites (N-methyl/N-ethyl adjacent to an activating group) is 1. The van der Waals surface area contributed by atoms with E-state index in [1.165, 1.54) is 0 Å². The quantitative estimate of drug-likeness (QED) is 0.832. The second-order valence-electron chi connectivity index (χ2n) is 3.36. The molecule has 80 valence electrons. The highest BCUT2D eigenvalue weighted by Gasteiger charge is 2.08. The van der Waals surface area contributed by atoms with Gasteiger partial charge in [0.2, 0.25) is 0 Å². The largest absolute Gasteiger partial charge is 0.391 e. The van der Waals surface area contributed by atoms with Crippen LogP contribution >= 0.6 is 27.3 Å². The van der Waals surface area contributed by atoms with Crippen molar-refractivity contribution in [1.82, 2.24) is 9.88 Å². The van der Waals surface area contributed by atoms with Gasteiger partial charge in [-0.2, -0.15) is 0 Å². The molecule has 0 fully saturated rings. The Labute approximate surface area is 96.9 Å². The summed E-state index contributed by atoms with van der Waals surface area (Å²) in [7, 11) is 1.99. The van der Waals surface area contributed by atoms with Gasteiger partial charge in [-0.25, -0.2) is 4.98 Å². The van der Waals surface area contributed by atoms with Crippen molar-refractivity contribution in [3.63, 3.8) is 0 Å². The van der Waals surface area contributed by atoms with E-state index in [-0.39, 0.29) is 6.10 Å². The Morgan fingerprint density at radius 3 is 2.93 bits per heavy atom. The van der Waals surface area contributed by atoms with Crippen molar-refractivity contribution in [2.45, 2.75) is 19.6 Å². The van der Waals surface area contributed by atoms with E-state index in [2.05, 4.69) is 31.2 Å². The molecule has 1 atom stereocenters. The summed E-state index contributed by atoms with van der Waals surface area (Å²) in [6.07, 6.45) is -0.306. The number of aliphatic hydroxyl groups is 1. The molecule has 1 unspecified atom stereocenters. The molecule has 0 saturated carbocycles. The summed E-state index contributed by atoms with van der Waals surface area (Å²) in [5.74, 6) is 0. The molecule has 14 heavy (non-hydrogen) atoms. The predicted octanol–water partition coefficient (Wildman–Crippen LogP) is 1.64. The smallest absolute Gasteiger partial charge is 0.0897 e. The molecule has 1 N–H and O–H groups in total. The van der Waals surface area contributed by atoms with E-state index < -0.39 is 0 Å². The molecule has 0 aromatic carbocycles. The second-order valence-corrected chi connectivity index (χ2v) is 5.07. The van der Waals surface area contributed by atoms with Gasteiger partial charge in [-0.05, 0) is 14.0 Å². The Morgan fingerprint density at radius 2 is 2.43 bits per heavy atom. The van der Waals surface area contributed by atoms with E-state index in [1.54, 1.807) is 11.3 Å². The minimum Gasteiger partial charge on any atom is -0.391 e. The van der Waals surface area contributed by atoms with Crippen LogP contribution in [0.25, 0.3) is 0 Å². The lowest BCUT2D eigenvalue weighted by molar-refractivity contribution is 0.142. The zero-order valence-electron chi connectivity index (χ0n) is 8.40. The molecule has 5 heteroatoms. The van der Waals surface area contributed by atoms with Crippen LogP contribution < -0.4 is 0 Å². The van der Waals surface area contributed by atoms with Crippen molar-refractivity contribution < 1.29 is 5.11 Å². The van der Waals surface area contributed by atoms with E-state index in [0.29, 0.717) is 11.9 Å². The molecule has 1 aromatic rings. The Hall–Kier alpha value is 0.0300. The van der Waals surface area contributed by atoms with Gasteiger partial charge in [-0.1, -0.05) is 15.9 Å². The number of rotatable bonds is 5. The van der Waals surface area contributed by atoms with Gasteiger partial charge < -0.3 is 5.11 Å². The summed E-state index contributed by atoms with van der Waals surface area (Å²) in [6.45, 7) is 3.47. The van der Waals surface area contributed by atoms with Gasteiger partial charge in [0.15, 0.2) is 0 Å². The number of aliphatic hydroxyl groups excluding tert-OH is 1. The maximum Gasteiger partial charge on any atom is 0.0897 e. The molecule has 0 amide bonds. The number of halogens is 1. The summed E-state index contributed by atoms with van der Waals surface area (Å²) in [6, 6.07) is 0. The molecular weight excluding hydrogens is 264 g/mol. The molecule has 1 rings (SSSR count). The van der Waals surface area contributed by atoms with Gasteiger partial charge in [0.25, 0.3) is 0 Å². The molecule has 1 heterocycles. The highest BCUT2D eigenvalue weighted by Crippen LogP contribution is 2.09. The van der Waals surface area contributed by atoms with Crippen LogP contribution in [0.4, 0.5) is 0 Å². The zero-order chi connectivity index (χ0) is 10.6. The minimum absolute atomic E-state index is 0.306. The van der Waals surface area contributed by atoms with Crippen LogP contribution in [0.3, 0.4) is 0 Å². The van der Waals surface area contributed by atoms with Crippen molar-refractivity contribution in [1.29, 1.82) is 0 Å². The molecule has 0 aliphatic rings. The number of thiazole rings is 1. The first-order valence-corrected chi connectivity index (χ1v) is 6.45. The summed E-state index contributed by atoms with van der Waals surface area (Å²) < 4.78 is 0. The average Bonchev–Trinajstić information content (AvgIpc) is 2.50. The third-order valence-electron chi connectivity index (χ3n) is 1.80. The second kappa shape index (κ2) is 5.80. The fraction of sp³-hybridized carbons (Fsp3) is 0.667. The fourth-order valence-electron chi connectivity index (χ4n) is 1.23. The number of hydrogen-bond acceptors (Lipinski definition) is 4. The van der Waals surface area contributed by atoms with Crippen LogP contribution in [0, 0.1) is 6.92 Å². The molecule has 0 spiro atoms. The van der Waals surface area contributed by atoms with Crippen LogP contribution in [0.15, 0.2) is 5.38 Å². The van der Waals surface area contributed by atoms with Crippen LogP contribution in [0.2, 0.25) is 0 Å². The maximum atomic E-state index is 9.41. The zero-order valence-corrected chi connectivity index (χ0v) is 10.8. The number of aromatic nitrogens is 1. The first-order valence-electron chi connectivity index (χ1n) is 4.45. The molecule has 0 aliphatic heterocycles. The standard InChI is InChI=1S/C9H15BrN2OS/c1-7-11-8(6-14-7)4-12(2)5-9(13)3-10/h6,9,13H,3-5H2,1-2H3. The summed E-state index contributed by atoms with van der Waals surface area (Å²) in [5.41, 5.74) is 1.08. The van der Waals surface area contributed by atoms with E-state index in [0.717, 1.165) is 17.2 Å². The average molecular weight is 279 g/mol. The highest BCUT2D eigenvalue weighted by atomic mass is 79.9. The van der Waals surface area contributed by atoms with E-state index >= 15 is 0 Å². The van der Waals surface area contributed by atoms with Crippen molar-refractivity contribution in [2.24, 2.45) is 0 Å².